The minimum atomic E-state index is -3.57. The third kappa shape index (κ3) is 3.17. The first kappa shape index (κ1) is 16.6. The molecular weight excluding hydrogens is 342 g/mol. The summed E-state index contributed by atoms with van der Waals surface area (Å²) < 4.78 is 32.7. The summed E-state index contributed by atoms with van der Waals surface area (Å²) in [6.45, 7) is 2.91. The quantitative estimate of drug-likeness (QED) is 0.812. The Balaban J connectivity index is 1.48. The van der Waals surface area contributed by atoms with E-state index >= 15 is 0 Å². The van der Waals surface area contributed by atoms with Crippen LogP contribution in [0.25, 0.3) is 0 Å². The van der Waals surface area contributed by atoms with Crippen LogP contribution in [-0.4, -0.2) is 62.4 Å². The molecule has 25 heavy (non-hydrogen) atoms. The molecule has 0 saturated carbocycles. The summed E-state index contributed by atoms with van der Waals surface area (Å²) in [7, 11) is -3.57. The second kappa shape index (κ2) is 6.44. The number of sulfonamides is 1. The Morgan fingerprint density at radius 1 is 1.12 bits per heavy atom. The number of benzene rings is 1. The van der Waals surface area contributed by atoms with E-state index < -0.39 is 10.0 Å². The average Bonchev–Trinajstić information content (AvgIpc) is 3.16. The largest absolute Gasteiger partial charge is 0.482 e. The minimum absolute atomic E-state index is 0.0437. The predicted octanol–water partition coefficient (Wildman–Crippen LogP) is 1.04. The van der Waals surface area contributed by atoms with E-state index in [0.717, 1.165) is 25.9 Å². The number of hydrogen-bond donors (Lipinski definition) is 1. The van der Waals surface area contributed by atoms with Crippen molar-refractivity contribution in [3.63, 3.8) is 0 Å². The summed E-state index contributed by atoms with van der Waals surface area (Å²) in [5.41, 5.74) is 0.412. The maximum Gasteiger partial charge on any atom is 0.262 e. The van der Waals surface area contributed by atoms with E-state index in [1.54, 1.807) is 16.4 Å². The van der Waals surface area contributed by atoms with Gasteiger partial charge in [-0.1, -0.05) is 12.2 Å². The number of hydrogen-bond acceptors (Lipinski definition) is 5. The van der Waals surface area contributed by atoms with Gasteiger partial charge in [0.1, 0.15) is 5.75 Å². The third-order valence-corrected chi connectivity index (χ3v) is 6.90. The molecule has 1 fully saturated rings. The van der Waals surface area contributed by atoms with Crippen molar-refractivity contribution in [1.82, 2.24) is 9.21 Å². The molecule has 8 heteroatoms. The van der Waals surface area contributed by atoms with Crippen LogP contribution in [0, 0.1) is 0 Å². The van der Waals surface area contributed by atoms with Gasteiger partial charge in [0.25, 0.3) is 5.91 Å². The Hall–Kier alpha value is -1.90. The van der Waals surface area contributed by atoms with Gasteiger partial charge in [-0.15, -0.1) is 0 Å². The van der Waals surface area contributed by atoms with Crippen LogP contribution in [0.5, 0.6) is 5.75 Å². The lowest BCUT2D eigenvalue weighted by Gasteiger charge is -2.36. The van der Waals surface area contributed by atoms with Crippen LogP contribution in [-0.2, 0) is 14.8 Å². The second-order valence-corrected chi connectivity index (χ2v) is 8.49. The van der Waals surface area contributed by atoms with E-state index in [1.165, 1.54) is 6.07 Å². The number of fused-ring (bicyclic) bond motifs is 1. The number of anilines is 1. The zero-order chi connectivity index (χ0) is 17.4. The molecule has 0 aromatic heterocycles. The summed E-state index contributed by atoms with van der Waals surface area (Å²) in [5.74, 6) is 0.223. The molecule has 0 aliphatic carbocycles. The number of carbonyl (C=O) groups is 1. The fourth-order valence-electron chi connectivity index (χ4n) is 3.61. The molecule has 3 aliphatic rings. The van der Waals surface area contributed by atoms with Crippen LogP contribution in [0.4, 0.5) is 5.69 Å². The van der Waals surface area contributed by atoms with Gasteiger partial charge in [-0.05, 0) is 31.0 Å². The third-order valence-electron chi connectivity index (χ3n) is 5.01. The smallest absolute Gasteiger partial charge is 0.262 e. The molecule has 1 aromatic rings. The van der Waals surface area contributed by atoms with Gasteiger partial charge in [-0.2, -0.15) is 4.31 Å². The zero-order valence-corrected chi connectivity index (χ0v) is 14.7. The molecule has 1 saturated heterocycles. The highest BCUT2D eigenvalue weighted by Gasteiger charge is 2.32. The number of ether oxygens (including phenoxy) is 1. The van der Waals surface area contributed by atoms with Crippen LogP contribution in [0.15, 0.2) is 35.2 Å². The molecule has 3 heterocycles. The maximum atomic E-state index is 12.9. The van der Waals surface area contributed by atoms with Gasteiger partial charge in [-0.3, -0.25) is 9.69 Å². The predicted molar refractivity (Wildman–Crippen MR) is 93.1 cm³/mol. The van der Waals surface area contributed by atoms with Gasteiger partial charge in [0.2, 0.25) is 10.0 Å². The van der Waals surface area contributed by atoms with Gasteiger partial charge < -0.3 is 10.1 Å². The van der Waals surface area contributed by atoms with Gasteiger partial charge in [0.05, 0.1) is 10.6 Å². The molecule has 0 spiro atoms. The molecule has 4 rings (SSSR count). The SMILES string of the molecule is O=C1COc2ccc(S(=O)(=O)N3CCC(N4CC=CC4)CC3)cc2N1. The van der Waals surface area contributed by atoms with Gasteiger partial charge in [-0.25, -0.2) is 8.42 Å². The topological polar surface area (TPSA) is 79.0 Å². The van der Waals surface area contributed by atoms with Crippen molar-refractivity contribution < 1.29 is 17.9 Å². The number of nitrogens with zero attached hydrogens (tertiary/aromatic N) is 2. The minimum Gasteiger partial charge on any atom is -0.482 e. The summed E-state index contributed by atoms with van der Waals surface area (Å²) in [6.07, 6.45) is 6.00. The highest BCUT2D eigenvalue weighted by Crippen LogP contribution is 2.32. The first-order chi connectivity index (χ1) is 12.0. The van der Waals surface area contributed by atoms with Crippen molar-refractivity contribution in [2.75, 3.05) is 38.1 Å². The average molecular weight is 363 g/mol. The Morgan fingerprint density at radius 3 is 2.56 bits per heavy atom. The monoisotopic (exact) mass is 363 g/mol. The maximum absolute atomic E-state index is 12.9. The number of amides is 1. The normalized spacial score (nSPS) is 22.5. The molecular formula is C17H21N3O4S. The fraction of sp³-hybridized carbons (Fsp3) is 0.471. The standard InChI is InChI=1S/C17H21N3O4S/c21-17-12-24-16-4-3-14(11-15(16)18-17)25(22,23)20-9-5-13(6-10-20)19-7-1-2-8-19/h1-4,11,13H,5-10,12H2,(H,18,21). The van der Waals surface area contributed by atoms with Crippen LogP contribution < -0.4 is 10.1 Å². The van der Waals surface area contributed by atoms with Gasteiger partial charge >= 0.3 is 0 Å². The first-order valence-electron chi connectivity index (χ1n) is 8.50. The number of carbonyl (C=O) groups excluding carboxylic acids is 1. The summed E-state index contributed by atoms with van der Waals surface area (Å²) in [6, 6.07) is 5.07. The van der Waals surface area contributed by atoms with Crippen molar-refractivity contribution in [2.45, 2.75) is 23.8 Å². The summed E-state index contributed by atoms with van der Waals surface area (Å²) in [4.78, 5) is 14.0. The Morgan fingerprint density at radius 2 is 1.84 bits per heavy atom. The van der Waals surface area contributed by atoms with E-state index in [0.29, 0.717) is 30.6 Å². The molecule has 7 nitrogen and oxygen atoms in total. The molecule has 1 amide bonds. The van der Waals surface area contributed by atoms with Crippen LogP contribution in [0.3, 0.4) is 0 Å². The fourth-order valence-corrected chi connectivity index (χ4v) is 5.11. The van der Waals surface area contributed by atoms with Gasteiger partial charge in [0.15, 0.2) is 6.61 Å². The molecule has 1 aromatic carbocycles. The van der Waals surface area contributed by atoms with E-state index in [-0.39, 0.29) is 17.4 Å². The molecule has 0 unspecified atom stereocenters. The highest BCUT2D eigenvalue weighted by atomic mass is 32.2. The van der Waals surface area contributed by atoms with Crippen molar-refractivity contribution >= 4 is 21.6 Å². The summed E-state index contributed by atoms with van der Waals surface area (Å²) in [5, 5.41) is 2.66. The van der Waals surface area contributed by atoms with Crippen molar-refractivity contribution in [3.05, 3.63) is 30.4 Å². The molecule has 0 atom stereocenters. The Bertz CT molecular complexity index is 805. The van der Waals surface area contributed by atoms with Crippen LogP contribution in [0.2, 0.25) is 0 Å². The summed E-state index contributed by atoms with van der Waals surface area (Å²) >= 11 is 0. The lowest BCUT2D eigenvalue weighted by Crippen LogP contribution is -2.46. The molecule has 0 bridgehead atoms. The number of nitrogens with one attached hydrogen (secondary N) is 1. The lowest BCUT2D eigenvalue weighted by atomic mass is 10.1. The van der Waals surface area contributed by atoms with Crippen molar-refractivity contribution in [3.8, 4) is 5.75 Å². The lowest BCUT2D eigenvalue weighted by molar-refractivity contribution is -0.118. The second-order valence-electron chi connectivity index (χ2n) is 6.56. The van der Waals surface area contributed by atoms with Crippen molar-refractivity contribution in [2.24, 2.45) is 0 Å². The van der Waals surface area contributed by atoms with Crippen LogP contribution >= 0.6 is 0 Å². The first-order valence-corrected chi connectivity index (χ1v) is 9.94. The molecule has 3 aliphatic heterocycles. The molecule has 1 N–H and O–H groups in total. The van der Waals surface area contributed by atoms with E-state index in [2.05, 4.69) is 22.4 Å². The Kier molecular flexibility index (Phi) is 4.26. The number of rotatable bonds is 3. The Labute approximate surface area is 147 Å². The van der Waals surface area contributed by atoms with E-state index in [4.69, 9.17) is 4.74 Å². The number of piperidine rings is 1. The van der Waals surface area contributed by atoms with Crippen LogP contribution in [0.1, 0.15) is 12.8 Å². The molecule has 0 radical (unpaired) electrons. The van der Waals surface area contributed by atoms with E-state index in [1.807, 2.05) is 0 Å². The van der Waals surface area contributed by atoms with E-state index in [9.17, 15) is 13.2 Å². The van der Waals surface area contributed by atoms with Gasteiger partial charge in [0, 0.05) is 32.2 Å². The highest BCUT2D eigenvalue weighted by molar-refractivity contribution is 7.89. The zero-order valence-electron chi connectivity index (χ0n) is 13.8. The van der Waals surface area contributed by atoms with Crippen molar-refractivity contribution in [1.29, 1.82) is 0 Å². The molecule has 134 valence electrons.